The van der Waals surface area contributed by atoms with Crippen LogP contribution in [0, 0.1) is 5.92 Å². The molecule has 0 spiro atoms. The summed E-state index contributed by atoms with van der Waals surface area (Å²) in [7, 11) is 0. The van der Waals surface area contributed by atoms with Gasteiger partial charge in [-0.2, -0.15) is 0 Å². The number of benzene rings is 2. The largest absolute Gasteiger partial charge is 0.0848 e. The molecule has 0 fully saturated rings. The van der Waals surface area contributed by atoms with Crippen molar-refractivity contribution in [1.29, 1.82) is 0 Å². The van der Waals surface area contributed by atoms with E-state index >= 15 is 0 Å². The second-order valence-electron chi connectivity index (χ2n) is 8.63. The van der Waals surface area contributed by atoms with E-state index in [9.17, 15) is 0 Å². The van der Waals surface area contributed by atoms with Crippen LogP contribution in [0.3, 0.4) is 0 Å². The van der Waals surface area contributed by atoms with Crippen molar-refractivity contribution in [3.05, 3.63) is 82.9 Å². The molecule has 28 heavy (non-hydrogen) atoms. The highest BCUT2D eigenvalue weighted by molar-refractivity contribution is 5.29. The molecule has 2 aromatic carbocycles. The Hall–Kier alpha value is -1.82. The second-order valence-corrected chi connectivity index (χ2v) is 8.63. The minimum atomic E-state index is 0.620. The zero-order valence-electron chi connectivity index (χ0n) is 18.0. The van der Waals surface area contributed by atoms with Crippen LogP contribution in [0.2, 0.25) is 0 Å². The molecular weight excluding hydrogens is 336 g/mol. The first-order valence-corrected chi connectivity index (χ1v) is 11.6. The Kier molecular flexibility index (Phi) is 8.40. The predicted octanol–water partition coefficient (Wildman–Crippen LogP) is 8.05. The van der Waals surface area contributed by atoms with Crippen LogP contribution < -0.4 is 0 Å². The smallest absolute Gasteiger partial charge is 0.00182 e. The lowest BCUT2D eigenvalue weighted by molar-refractivity contribution is 0.482. The molecule has 1 aliphatic rings. The van der Waals surface area contributed by atoms with Gasteiger partial charge in [-0.3, -0.25) is 0 Å². The fourth-order valence-electron chi connectivity index (χ4n) is 4.42. The van der Waals surface area contributed by atoms with Gasteiger partial charge in [0.05, 0.1) is 0 Å². The monoisotopic (exact) mass is 374 g/mol. The Bertz CT molecular complexity index is 705. The van der Waals surface area contributed by atoms with Gasteiger partial charge >= 0.3 is 0 Å². The molecule has 3 rings (SSSR count). The van der Waals surface area contributed by atoms with Gasteiger partial charge < -0.3 is 0 Å². The number of hydrogen-bond donors (Lipinski definition) is 0. The summed E-state index contributed by atoms with van der Waals surface area (Å²) in [4.78, 5) is 0. The third kappa shape index (κ3) is 6.36. The van der Waals surface area contributed by atoms with Crippen molar-refractivity contribution in [1.82, 2.24) is 0 Å². The molecule has 0 heterocycles. The zero-order chi connectivity index (χ0) is 19.6. The fraction of sp³-hybridized carbons (Fsp3) is 0.500. The highest BCUT2D eigenvalue weighted by Crippen LogP contribution is 2.32. The summed E-state index contributed by atoms with van der Waals surface area (Å²) < 4.78 is 0. The molecule has 0 amide bonds. The van der Waals surface area contributed by atoms with Crippen molar-refractivity contribution in [3.8, 4) is 0 Å². The molecule has 2 atom stereocenters. The van der Waals surface area contributed by atoms with Gasteiger partial charge in [0.25, 0.3) is 0 Å². The number of aryl methyl sites for hydroxylation is 3. The SMILES string of the molecule is CCCCCc1ccc(CCC2C=CC(c3ccc(CCC)cc3)CC2)cc1. The van der Waals surface area contributed by atoms with E-state index in [-0.39, 0.29) is 0 Å². The summed E-state index contributed by atoms with van der Waals surface area (Å²) in [5, 5.41) is 0. The first-order valence-electron chi connectivity index (χ1n) is 11.6. The highest BCUT2D eigenvalue weighted by Gasteiger charge is 2.17. The van der Waals surface area contributed by atoms with Gasteiger partial charge in [0.2, 0.25) is 0 Å². The van der Waals surface area contributed by atoms with Crippen LogP contribution in [0.25, 0.3) is 0 Å². The van der Waals surface area contributed by atoms with Gasteiger partial charge in [-0.15, -0.1) is 0 Å². The zero-order valence-corrected chi connectivity index (χ0v) is 18.0. The van der Waals surface area contributed by atoms with Gasteiger partial charge in [-0.1, -0.05) is 93.8 Å². The lowest BCUT2D eigenvalue weighted by atomic mass is 9.82. The summed E-state index contributed by atoms with van der Waals surface area (Å²) in [6, 6.07) is 18.8. The van der Waals surface area contributed by atoms with E-state index in [2.05, 4.69) is 74.5 Å². The Morgan fingerprint density at radius 2 is 1.29 bits per heavy atom. The normalized spacial score (nSPS) is 19.1. The average molecular weight is 375 g/mol. The van der Waals surface area contributed by atoms with Crippen molar-refractivity contribution in [2.45, 2.75) is 84.0 Å². The van der Waals surface area contributed by atoms with Crippen LogP contribution in [0.5, 0.6) is 0 Å². The molecule has 0 aromatic heterocycles. The number of allylic oxidation sites excluding steroid dienone is 2. The maximum absolute atomic E-state index is 2.49. The summed E-state index contributed by atoms with van der Waals surface area (Å²) in [6.45, 7) is 4.52. The summed E-state index contributed by atoms with van der Waals surface area (Å²) >= 11 is 0. The average Bonchev–Trinajstić information content (AvgIpc) is 2.75. The van der Waals surface area contributed by atoms with Crippen LogP contribution in [-0.4, -0.2) is 0 Å². The van der Waals surface area contributed by atoms with Gasteiger partial charge in [0, 0.05) is 5.92 Å². The van der Waals surface area contributed by atoms with Crippen molar-refractivity contribution < 1.29 is 0 Å². The molecule has 2 unspecified atom stereocenters. The van der Waals surface area contributed by atoms with Crippen molar-refractivity contribution in [2.24, 2.45) is 5.92 Å². The maximum Gasteiger partial charge on any atom is 0.00182 e. The lowest BCUT2D eigenvalue weighted by Crippen LogP contribution is -2.08. The lowest BCUT2D eigenvalue weighted by Gasteiger charge is -2.23. The third-order valence-electron chi connectivity index (χ3n) is 6.31. The van der Waals surface area contributed by atoms with E-state index in [1.54, 1.807) is 0 Å². The standard InChI is InChI=1S/C28H38/c1-3-5-6-8-24-9-11-25(12-10-24)13-14-26-17-21-28(22-18-26)27-19-15-23(7-4-2)16-20-27/h9-12,15-17,19-21,26,28H,3-8,13-14,18,22H2,1-2H3. The molecule has 1 aliphatic carbocycles. The number of hydrogen-bond acceptors (Lipinski definition) is 0. The maximum atomic E-state index is 2.49. The van der Waals surface area contributed by atoms with Crippen molar-refractivity contribution in [2.75, 3.05) is 0 Å². The molecule has 0 heteroatoms. The number of rotatable bonds is 10. The molecule has 150 valence electrons. The molecule has 0 aliphatic heterocycles. The van der Waals surface area contributed by atoms with Crippen molar-refractivity contribution >= 4 is 0 Å². The van der Waals surface area contributed by atoms with E-state index < -0.39 is 0 Å². The fourth-order valence-corrected chi connectivity index (χ4v) is 4.42. The van der Waals surface area contributed by atoms with Crippen LogP contribution in [-0.2, 0) is 19.3 Å². The molecule has 2 aromatic rings. The first kappa shape index (κ1) is 20.9. The molecule has 0 radical (unpaired) electrons. The Balaban J connectivity index is 1.45. The van der Waals surface area contributed by atoms with E-state index in [0.717, 1.165) is 5.92 Å². The van der Waals surface area contributed by atoms with Crippen LogP contribution in [0.4, 0.5) is 0 Å². The minimum absolute atomic E-state index is 0.620. The second kappa shape index (κ2) is 11.2. The van der Waals surface area contributed by atoms with E-state index in [1.165, 1.54) is 86.5 Å². The van der Waals surface area contributed by atoms with E-state index in [4.69, 9.17) is 0 Å². The van der Waals surface area contributed by atoms with Gasteiger partial charge in [0.1, 0.15) is 0 Å². The Morgan fingerprint density at radius 3 is 1.89 bits per heavy atom. The molecule has 0 N–H and O–H groups in total. The van der Waals surface area contributed by atoms with Crippen LogP contribution in [0.1, 0.15) is 87.0 Å². The van der Waals surface area contributed by atoms with Gasteiger partial charge in [0.15, 0.2) is 0 Å². The predicted molar refractivity (Wildman–Crippen MR) is 123 cm³/mol. The Labute approximate surface area is 173 Å². The van der Waals surface area contributed by atoms with Crippen molar-refractivity contribution in [3.63, 3.8) is 0 Å². The molecule has 0 saturated heterocycles. The quantitative estimate of drug-likeness (QED) is 0.291. The minimum Gasteiger partial charge on any atom is -0.0848 e. The first-order chi connectivity index (χ1) is 13.8. The topological polar surface area (TPSA) is 0 Å². The Morgan fingerprint density at radius 1 is 0.643 bits per heavy atom. The van der Waals surface area contributed by atoms with Crippen LogP contribution in [0.15, 0.2) is 60.7 Å². The van der Waals surface area contributed by atoms with Gasteiger partial charge in [-0.05, 0) is 73.1 Å². The van der Waals surface area contributed by atoms with E-state index in [0.29, 0.717) is 5.92 Å². The van der Waals surface area contributed by atoms with Crippen LogP contribution >= 0.6 is 0 Å². The van der Waals surface area contributed by atoms with Gasteiger partial charge in [-0.25, -0.2) is 0 Å². The summed E-state index contributed by atoms with van der Waals surface area (Å²) in [6.07, 6.45) is 17.7. The highest BCUT2D eigenvalue weighted by atomic mass is 14.2. The summed E-state index contributed by atoms with van der Waals surface area (Å²) in [5.74, 6) is 1.37. The third-order valence-corrected chi connectivity index (χ3v) is 6.31. The van der Waals surface area contributed by atoms with E-state index in [1.807, 2.05) is 0 Å². The molecular formula is C28H38. The number of unbranched alkanes of at least 4 members (excludes halogenated alkanes) is 2. The molecule has 0 bridgehead atoms. The molecule has 0 nitrogen and oxygen atoms in total. The summed E-state index contributed by atoms with van der Waals surface area (Å²) in [5.41, 5.74) is 5.97. The molecule has 0 saturated carbocycles.